The first-order valence-corrected chi connectivity index (χ1v) is 6.62. The van der Waals surface area contributed by atoms with Crippen LogP contribution in [0, 0.1) is 11.2 Å². The molecule has 0 aliphatic carbocycles. The lowest BCUT2D eigenvalue weighted by Gasteiger charge is -2.36. The summed E-state index contributed by atoms with van der Waals surface area (Å²) in [5.41, 5.74) is 1.48. The molecule has 0 fully saturated rings. The van der Waals surface area contributed by atoms with Gasteiger partial charge in [0.05, 0.1) is 0 Å². The van der Waals surface area contributed by atoms with Crippen molar-refractivity contribution >= 4 is 0 Å². The second-order valence-electron chi connectivity index (χ2n) is 7.04. The van der Waals surface area contributed by atoms with Crippen LogP contribution < -0.4 is 5.32 Å². The molecular formula is C16H26FN. The third kappa shape index (κ3) is 5.18. The van der Waals surface area contributed by atoms with Crippen molar-refractivity contribution in [2.24, 2.45) is 5.41 Å². The van der Waals surface area contributed by atoms with Gasteiger partial charge in [-0.25, -0.2) is 4.39 Å². The molecule has 0 saturated heterocycles. The second kappa shape index (κ2) is 5.40. The smallest absolute Gasteiger partial charge is 0.123 e. The number of benzene rings is 1. The van der Waals surface area contributed by atoms with E-state index in [2.05, 4.69) is 46.9 Å². The largest absolute Gasteiger partial charge is 0.305 e. The van der Waals surface area contributed by atoms with Crippen LogP contribution in [0.1, 0.15) is 59.6 Å². The zero-order chi connectivity index (χ0) is 14.0. The summed E-state index contributed by atoms with van der Waals surface area (Å²) < 4.78 is 12.9. The number of nitrogens with one attached hydrogen (secondary N) is 1. The van der Waals surface area contributed by atoms with Crippen LogP contribution in [0.3, 0.4) is 0 Å². The average molecular weight is 251 g/mol. The maximum absolute atomic E-state index is 12.9. The van der Waals surface area contributed by atoms with Gasteiger partial charge in [0.2, 0.25) is 0 Å². The summed E-state index contributed by atoms with van der Waals surface area (Å²) in [7, 11) is 0. The van der Waals surface area contributed by atoms with Gasteiger partial charge in [-0.2, -0.15) is 0 Å². The van der Waals surface area contributed by atoms with E-state index in [-0.39, 0.29) is 17.4 Å². The highest BCUT2D eigenvalue weighted by Crippen LogP contribution is 2.29. The Hall–Kier alpha value is -0.890. The average Bonchev–Trinajstić information content (AvgIpc) is 2.13. The first-order chi connectivity index (χ1) is 8.09. The molecule has 0 aliphatic rings. The van der Waals surface area contributed by atoms with Crippen LogP contribution in [-0.2, 0) is 0 Å². The molecule has 1 aromatic carbocycles. The number of rotatable bonds is 4. The van der Waals surface area contributed by atoms with Crippen LogP contribution in [0.4, 0.5) is 4.39 Å². The minimum absolute atomic E-state index is 0.0616. The van der Waals surface area contributed by atoms with Crippen molar-refractivity contribution in [1.82, 2.24) is 5.32 Å². The molecule has 0 bridgehead atoms. The second-order valence-corrected chi connectivity index (χ2v) is 7.04. The van der Waals surface area contributed by atoms with E-state index in [4.69, 9.17) is 0 Å². The van der Waals surface area contributed by atoms with Crippen LogP contribution in [0.25, 0.3) is 0 Å². The molecule has 0 saturated carbocycles. The van der Waals surface area contributed by atoms with E-state index in [1.807, 2.05) is 12.1 Å². The van der Waals surface area contributed by atoms with Gasteiger partial charge in [-0.1, -0.05) is 32.9 Å². The van der Waals surface area contributed by atoms with Crippen molar-refractivity contribution in [2.75, 3.05) is 0 Å². The van der Waals surface area contributed by atoms with E-state index >= 15 is 0 Å². The molecule has 0 aliphatic heterocycles. The van der Waals surface area contributed by atoms with Crippen molar-refractivity contribution in [3.8, 4) is 0 Å². The van der Waals surface area contributed by atoms with Crippen molar-refractivity contribution in [3.63, 3.8) is 0 Å². The molecule has 2 heteroatoms. The molecule has 0 amide bonds. The Bertz CT molecular complexity index is 373. The van der Waals surface area contributed by atoms with E-state index in [0.717, 1.165) is 12.0 Å². The molecule has 1 atom stereocenters. The first-order valence-electron chi connectivity index (χ1n) is 6.62. The van der Waals surface area contributed by atoms with Crippen LogP contribution in [0.15, 0.2) is 24.3 Å². The highest BCUT2D eigenvalue weighted by atomic mass is 19.1. The number of halogens is 1. The minimum Gasteiger partial charge on any atom is -0.305 e. The number of hydrogen-bond donors (Lipinski definition) is 1. The van der Waals surface area contributed by atoms with Crippen LogP contribution in [-0.4, -0.2) is 5.54 Å². The normalized spacial score (nSPS) is 14.6. The molecule has 0 heterocycles. The Morgan fingerprint density at radius 3 is 2.00 bits per heavy atom. The van der Waals surface area contributed by atoms with E-state index in [1.165, 1.54) is 12.1 Å². The highest BCUT2D eigenvalue weighted by molar-refractivity contribution is 5.19. The third-order valence-corrected chi connectivity index (χ3v) is 2.95. The zero-order valence-electron chi connectivity index (χ0n) is 12.5. The molecule has 1 rings (SSSR count). The standard InChI is InChI=1S/C16H26FN/c1-12(13-7-9-14(17)10-8-13)18-16(5,6)11-15(2,3)4/h7-10,12,18H,11H2,1-6H3. The van der Waals surface area contributed by atoms with Crippen molar-refractivity contribution in [1.29, 1.82) is 0 Å². The van der Waals surface area contributed by atoms with Gasteiger partial charge in [0.1, 0.15) is 5.82 Å². The van der Waals surface area contributed by atoms with Gasteiger partial charge < -0.3 is 5.32 Å². The Balaban J connectivity index is 2.69. The quantitative estimate of drug-likeness (QED) is 0.818. The van der Waals surface area contributed by atoms with Gasteiger partial charge >= 0.3 is 0 Å². The Morgan fingerprint density at radius 1 is 1.06 bits per heavy atom. The predicted molar refractivity (Wildman–Crippen MR) is 76.1 cm³/mol. The Kier molecular flexibility index (Phi) is 4.55. The maximum Gasteiger partial charge on any atom is 0.123 e. The summed E-state index contributed by atoms with van der Waals surface area (Å²) in [4.78, 5) is 0. The molecule has 18 heavy (non-hydrogen) atoms. The van der Waals surface area contributed by atoms with E-state index in [0.29, 0.717) is 5.41 Å². The molecule has 0 spiro atoms. The molecule has 1 aromatic rings. The summed E-state index contributed by atoms with van der Waals surface area (Å²) in [6, 6.07) is 6.96. The lowest BCUT2D eigenvalue weighted by Crippen LogP contribution is -2.43. The minimum atomic E-state index is -0.181. The van der Waals surface area contributed by atoms with E-state index < -0.39 is 0 Å². The fraction of sp³-hybridized carbons (Fsp3) is 0.625. The molecule has 0 radical (unpaired) electrons. The van der Waals surface area contributed by atoms with Gasteiger partial charge in [0, 0.05) is 11.6 Å². The molecule has 1 unspecified atom stereocenters. The predicted octanol–water partition coefficient (Wildman–Crippen LogP) is 4.69. The monoisotopic (exact) mass is 251 g/mol. The van der Waals surface area contributed by atoms with Gasteiger partial charge in [0.25, 0.3) is 0 Å². The first kappa shape index (κ1) is 15.2. The summed E-state index contributed by atoms with van der Waals surface area (Å²) in [6.07, 6.45) is 1.09. The SMILES string of the molecule is CC(NC(C)(C)CC(C)(C)C)c1ccc(F)cc1. The third-order valence-electron chi connectivity index (χ3n) is 2.95. The summed E-state index contributed by atoms with van der Waals surface area (Å²) in [6.45, 7) is 13.3. The topological polar surface area (TPSA) is 12.0 Å². The molecular weight excluding hydrogens is 225 g/mol. The van der Waals surface area contributed by atoms with Crippen LogP contribution in [0.5, 0.6) is 0 Å². The van der Waals surface area contributed by atoms with Gasteiger partial charge in [-0.3, -0.25) is 0 Å². The Morgan fingerprint density at radius 2 is 1.56 bits per heavy atom. The van der Waals surface area contributed by atoms with Crippen LogP contribution in [0.2, 0.25) is 0 Å². The van der Waals surface area contributed by atoms with Gasteiger partial charge in [-0.15, -0.1) is 0 Å². The Labute approximate surface area is 111 Å². The zero-order valence-corrected chi connectivity index (χ0v) is 12.5. The summed E-state index contributed by atoms with van der Waals surface area (Å²) >= 11 is 0. The van der Waals surface area contributed by atoms with Gasteiger partial charge in [0.15, 0.2) is 0 Å². The molecule has 102 valence electrons. The van der Waals surface area contributed by atoms with Crippen LogP contribution >= 0.6 is 0 Å². The van der Waals surface area contributed by atoms with Gasteiger partial charge in [-0.05, 0) is 50.3 Å². The lowest BCUT2D eigenvalue weighted by molar-refractivity contribution is 0.227. The highest BCUT2D eigenvalue weighted by Gasteiger charge is 2.26. The maximum atomic E-state index is 12.9. The summed E-state index contributed by atoms with van der Waals surface area (Å²) in [5, 5.41) is 3.63. The fourth-order valence-electron chi connectivity index (χ4n) is 2.80. The van der Waals surface area contributed by atoms with Crippen molar-refractivity contribution in [3.05, 3.63) is 35.6 Å². The number of hydrogen-bond acceptors (Lipinski definition) is 1. The van der Waals surface area contributed by atoms with E-state index in [9.17, 15) is 4.39 Å². The fourth-order valence-corrected chi connectivity index (χ4v) is 2.80. The van der Waals surface area contributed by atoms with Crippen molar-refractivity contribution < 1.29 is 4.39 Å². The summed E-state index contributed by atoms with van der Waals surface area (Å²) in [5.74, 6) is -0.181. The van der Waals surface area contributed by atoms with Crippen molar-refractivity contribution in [2.45, 2.75) is 59.5 Å². The molecule has 0 aromatic heterocycles. The van der Waals surface area contributed by atoms with E-state index in [1.54, 1.807) is 0 Å². The molecule has 1 nitrogen and oxygen atoms in total. The lowest BCUT2D eigenvalue weighted by atomic mass is 9.81. The molecule has 1 N–H and O–H groups in total.